The Bertz CT molecular complexity index is 359. The fraction of sp³-hybridized carbons (Fsp3) is 0.875. The van der Waals surface area contributed by atoms with Crippen molar-refractivity contribution in [2.24, 2.45) is 11.8 Å². The zero-order chi connectivity index (χ0) is 14.7. The standard InChI is InChI=1S/C16H28N2O2/c1-12(2)15(19)17-10-7-14(8-11-17)16(20)18-9-5-4-6-13(18)3/h12-14H,4-11H2,1-3H3. The second kappa shape index (κ2) is 6.59. The molecule has 4 nitrogen and oxygen atoms in total. The van der Waals surface area contributed by atoms with E-state index in [0.29, 0.717) is 11.9 Å². The first-order valence-electron chi connectivity index (χ1n) is 8.10. The van der Waals surface area contributed by atoms with Crippen molar-refractivity contribution in [2.45, 2.75) is 58.9 Å². The summed E-state index contributed by atoms with van der Waals surface area (Å²) in [6.45, 7) is 8.45. The van der Waals surface area contributed by atoms with Gasteiger partial charge in [0, 0.05) is 37.5 Å². The van der Waals surface area contributed by atoms with E-state index in [1.165, 1.54) is 6.42 Å². The fourth-order valence-corrected chi connectivity index (χ4v) is 3.37. The Balaban J connectivity index is 1.87. The van der Waals surface area contributed by atoms with Crippen LogP contribution in [-0.2, 0) is 9.59 Å². The van der Waals surface area contributed by atoms with Crippen LogP contribution in [-0.4, -0.2) is 47.3 Å². The van der Waals surface area contributed by atoms with Crippen LogP contribution in [0.3, 0.4) is 0 Å². The van der Waals surface area contributed by atoms with Crippen LogP contribution in [0.4, 0.5) is 0 Å². The Kier molecular flexibility index (Phi) is 5.06. The van der Waals surface area contributed by atoms with E-state index < -0.39 is 0 Å². The summed E-state index contributed by atoms with van der Waals surface area (Å²) in [7, 11) is 0. The van der Waals surface area contributed by atoms with Gasteiger partial charge in [-0.1, -0.05) is 13.8 Å². The first-order valence-corrected chi connectivity index (χ1v) is 8.10. The number of carbonyl (C=O) groups is 2. The number of hydrogen-bond donors (Lipinski definition) is 0. The van der Waals surface area contributed by atoms with Crippen molar-refractivity contribution < 1.29 is 9.59 Å². The fourth-order valence-electron chi connectivity index (χ4n) is 3.37. The van der Waals surface area contributed by atoms with Gasteiger partial charge < -0.3 is 9.80 Å². The van der Waals surface area contributed by atoms with Crippen LogP contribution in [0, 0.1) is 11.8 Å². The Labute approximate surface area is 122 Å². The second-order valence-electron chi connectivity index (χ2n) is 6.63. The maximum absolute atomic E-state index is 12.6. The van der Waals surface area contributed by atoms with Crippen molar-refractivity contribution in [2.75, 3.05) is 19.6 Å². The summed E-state index contributed by atoms with van der Waals surface area (Å²) < 4.78 is 0. The largest absolute Gasteiger partial charge is 0.342 e. The molecule has 0 saturated carbocycles. The average Bonchev–Trinajstić information content (AvgIpc) is 2.46. The number of piperidine rings is 2. The molecule has 2 amide bonds. The summed E-state index contributed by atoms with van der Waals surface area (Å²) >= 11 is 0. The molecule has 0 aromatic carbocycles. The van der Waals surface area contributed by atoms with Gasteiger partial charge in [-0.05, 0) is 39.0 Å². The Hall–Kier alpha value is -1.06. The van der Waals surface area contributed by atoms with Crippen molar-refractivity contribution in [1.29, 1.82) is 0 Å². The Morgan fingerprint density at radius 3 is 2.20 bits per heavy atom. The zero-order valence-corrected chi connectivity index (χ0v) is 13.1. The van der Waals surface area contributed by atoms with Gasteiger partial charge in [0.2, 0.25) is 11.8 Å². The van der Waals surface area contributed by atoms with E-state index in [-0.39, 0.29) is 17.7 Å². The van der Waals surface area contributed by atoms with Crippen molar-refractivity contribution in [3.8, 4) is 0 Å². The number of likely N-dealkylation sites (tertiary alicyclic amines) is 2. The highest BCUT2D eigenvalue weighted by atomic mass is 16.2. The van der Waals surface area contributed by atoms with E-state index in [0.717, 1.165) is 45.3 Å². The smallest absolute Gasteiger partial charge is 0.226 e. The van der Waals surface area contributed by atoms with Crippen LogP contribution < -0.4 is 0 Å². The Morgan fingerprint density at radius 1 is 1.00 bits per heavy atom. The first-order chi connectivity index (χ1) is 9.50. The maximum atomic E-state index is 12.6. The molecule has 2 aliphatic rings. The van der Waals surface area contributed by atoms with Gasteiger partial charge in [-0.25, -0.2) is 0 Å². The number of hydrogen-bond acceptors (Lipinski definition) is 2. The van der Waals surface area contributed by atoms with Gasteiger partial charge in [0.25, 0.3) is 0 Å². The van der Waals surface area contributed by atoms with Gasteiger partial charge in [-0.15, -0.1) is 0 Å². The van der Waals surface area contributed by atoms with Crippen molar-refractivity contribution in [1.82, 2.24) is 9.80 Å². The minimum atomic E-state index is 0.0596. The minimum Gasteiger partial charge on any atom is -0.342 e. The zero-order valence-electron chi connectivity index (χ0n) is 13.1. The molecule has 1 unspecified atom stereocenters. The maximum Gasteiger partial charge on any atom is 0.226 e. The van der Waals surface area contributed by atoms with Crippen LogP contribution in [0.25, 0.3) is 0 Å². The number of rotatable bonds is 2. The first kappa shape index (κ1) is 15.3. The van der Waals surface area contributed by atoms with Gasteiger partial charge in [0.1, 0.15) is 0 Å². The summed E-state index contributed by atoms with van der Waals surface area (Å²) in [4.78, 5) is 28.6. The summed E-state index contributed by atoms with van der Waals surface area (Å²) in [5.41, 5.74) is 0. The predicted molar refractivity (Wildman–Crippen MR) is 79.2 cm³/mol. The van der Waals surface area contributed by atoms with Gasteiger partial charge in [0.15, 0.2) is 0 Å². The lowest BCUT2D eigenvalue weighted by Crippen LogP contribution is -2.49. The van der Waals surface area contributed by atoms with Crippen LogP contribution >= 0.6 is 0 Å². The molecule has 0 radical (unpaired) electrons. The molecule has 114 valence electrons. The molecule has 0 aliphatic carbocycles. The number of amides is 2. The molecule has 2 rings (SSSR count). The van der Waals surface area contributed by atoms with Gasteiger partial charge in [-0.2, -0.15) is 0 Å². The highest BCUT2D eigenvalue weighted by molar-refractivity contribution is 5.81. The molecule has 2 saturated heterocycles. The predicted octanol–water partition coefficient (Wildman–Crippen LogP) is 2.28. The second-order valence-corrected chi connectivity index (χ2v) is 6.63. The van der Waals surface area contributed by atoms with Gasteiger partial charge in [-0.3, -0.25) is 9.59 Å². The molecule has 1 atom stereocenters. The van der Waals surface area contributed by atoms with Crippen molar-refractivity contribution in [3.63, 3.8) is 0 Å². The van der Waals surface area contributed by atoms with Crippen LogP contribution in [0.5, 0.6) is 0 Å². The molecule has 0 N–H and O–H groups in total. The van der Waals surface area contributed by atoms with Gasteiger partial charge in [0.05, 0.1) is 0 Å². The SMILES string of the molecule is CC(C)C(=O)N1CCC(C(=O)N2CCCCC2C)CC1. The molecular formula is C16H28N2O2. The highest BCUT2D eigenvalue weighted by Crippen LogP contribution is 2.25. The van der Waals surface area contributed by atoms with E-state index in [1.54, 1.807) is 0 Å². The molecule has 20 heavy (non-hydrogen) atoms. The van der Waals surface area contributed by atoms with E-state index in [4.69, 9.17) is 0 Å². The van der Waals surface area contributed by atoms with Gasteiger partial charge >= 0.3 is 0 Å². The molecule has 2 heterocycles. The van der Waals surface area contributed by atoms with Crippen LogP contribution in [0.2, 0.25) is 0 Å². The summed E-state index contributed by atoms with van der Waals surface area (Å²) in [5, 5.41) is 0. The molecule has 0 spiro atoms. The van der Waals surface area contributed by atoms with E-state index in [1.807, 2.05) is 18.7 Å². The molecule has 2 aliphatic heterocycles. The lowest BCUT2D eigenvalue weighted by Gasteiger charge is -2.39. The Morgan fingerprint density at radius 2 is 1.65 bits per heavy atom. The number of nitrogens with zero attached hydrogens (tertiary/aromatic N) is 2. The topological polar surface area (TPSA) is 40.6 Å². The molecule has 0 bridgehead atoms. The van der Waals surface area contributed by atoms with E-state index in [2.05, 4.69) is 11.8 Å². The van der Waals surface area contributed by atoms with E-state index in [9.17, 15) is 9.59 Å². The molecular weight excluding hydrogens is 252 g/mol. The van der Waals surface area contributed by atoms with Crippen LogP contribution in [0.1, 0.15) is 52.9 Å². The molecule has 4 heteroatoms. The monoisotopic (exact) mass is 280 g/mol. The molecule has 0 aromatic rings. The summed E-state index contributed by atoms with van der Waals surface area (Å²) in [6, 6.07) is 0.395. The molecule has 0 aromatic heterocycles. The average molecular weight is 280 g/mol. The summed E-state index contributed by atoms with van der Waals surface area (Å²) in [6.07, 6.45) is 5.19. The quantitative estimate of drug-likeness (QED) is 0.778. The number of carbonyl (C=O) groups excluding carboxylic acids is 2. The lowest BCUT2D eigenvalue weighted by atomic mass is 9.92. The third kappa shape index (κ3) is 3.33. The lowest BCUT2D eigenvalue weighted by molar-refractivity contribution is -0.144. The summed E-state index contributed by atoms with van der Waals surface area (Å²) in [5.74, 6) is 0.743. The minimum absolute atomic E-state index is 0.0596. The third-order valence-electron chi connectivity index (χ3n) is 4.74. The highest BCUT2D eigenvalue weighted by Gasteiger charge is 2.33. The van der Waals surface area contributed by atoms with Crippen molar-refractivity contribution >= 4 is 11.8 Å². The normalized spacial score (nSPS) is 25.1. The van der Waals surface area contributed by atoms with E-state index >= 15 is 0 Å². The van der Waals surface area contributed by atoms with Crippen molar-refractivity contribution in [3.05, 3.63) is 0 Å². The third-order valence-corrected chi connectivity index (χ3v) is 4.74. The van der Waals surface area contributed by atoms with Crippen LogP contribution in [0.15, 0.2) is 0 Å². The molecule has 2 fully saturated rings.